The van der Waals surface area contributed by atoms with E-state index in [1.807, 2.05) is 66.1 Å². The van der Waals surface area contributed by atoms with Gasteiger partial charge in [0.15, 0.2) is 0 Å². The topological polar surface area (TPSA) is 79.0 Å². The zero-order valence-corrected chi connectivity index (χ0v) is 22.9. The maximum absolute atomic E-state index is 13.6. The minimum atomic E-state index is -0.249. The predicted octanol–water partition coefficient (Wildman–Crippen LogP) is 5.32. The quantitative estimate of drug-likeness (QED) is 0.455. The van der Waals surface area contributed by atoms with Crippen molar-refractivity contribution in [3.63, 3.8) is 0 Å². The van der Waals surface area contributed by atoms with Gasteiger partial charge < -0.3 is 19.9 Å². The number of thioether (sulfide) groups is 1. The molecule has 7 nitrogen and oxygen atoms in total. The molecule has 2 heterocycles. The summed E-state index contributed by atoms with van der Waals surface area (Å²) in [5, 5.41) is 2.91. The number of benzene rings is 3. The van der Waals surface area contributed by atoms with Crippen molar-refractivity contribution >= 4 is 40.9 Å². The summed E-state index contributed by atoms with van der Waals surface area (Å²) in [6, 6.07) is 22.2. The number of hydrogen-bond donors (Lipinski definition) is 1. The molecule has 202 valence electrons. The maximum atomic E-state index is 13.6. The third-order valence-electron chi connectivity index (χ3n) is 7.22. The number of para-hydroxylation sites is 1. The molecule has 0 bridgehead atoms. The van der Waals surface area contributed by atoms with Crippen LogP contribution in [0.4, 0.5) is 11.4 Å². The van der Waals surface area contributed by atoms with Crippen LogP contribution in [0.5, 0.6) is 0 Å². The highest BCUT2D eigenvalue weighted by Crippen LogP contribution is 2.36. The predicted molar refractivity (Wildman–Crippen MR) is 156 cm³/mol. The Labute approximate surface area is 233 Å². The highest BCUT2D eigenvalue weighted by molar-refractivity contribution is 7.99. The van der Waals surface area contributed by atoms with Crippen LogP contribution in [0.15, 0.2) is 72.8 Å². The van der Waals surface area contributed by atoms with Gasteiger partial charge >= 0.3 is 0 Å². The average molecular weight is 544 g/mol. The third-order valence-corrected chi connectivity index (χ3v) is 8.16. The van der Waals surface area contributed by atoms with Crippen LogP contribution in [0, 0.1) is 6.92 Å². The lowest BCUT2D eigenvalue weighted by molar-refractivity contribution is -0.138. The average Bonchev–Trinajstić information content (AvgIpc) is 3.16. The molecular formula is C31H33N3O4S. The molecule has 1 N–H and O–H groups in total. The SMILES string of the molecule is Cc1ccccc1C(=O)Nc1ccc(C(=O)N2CCCC(OCC(=O)N3CCSCC3)c3ccccc32)cc1. The molecule has 0 spiro atoms. The first-order chi connectivity index (χ1) is 19.0. The number of fused-ring (bicyclic) bond motifs is 1. The van der Waals surface area contributed by atoms with Crippen molar-refractivity contribution in [3.05, 3.63) is 95.1 Å². The van der Waals surface area contributed by atoms with E-state index in [4.69, 9.17) is 4.74 Å². The number of nitrogens with one attached hydrogen (secondary N) is 1. The molecule has 1 atom stereocenters. The summed E-state index contributed by atoms with van der Waals surface area (Å²) in [7, 11) is 0. The number of nitrogens with zero attached hydrogens (tertiary/aromatic N) is 2. The second-order valence-electron chi connectivity index (χ2n) is 9.80. The molecule has 3 amide bonds. The van der Waals surface area contributed by atoms with Crippen molar-refractivity contribution in [2.24, 2.45) is 0 Å². The fourth-order valence-electron chi connectivity index (χ4n) is 5.05. The maximum Gasteiger partial charge on any atom is 0.258 e. The monoisotopic (exact) mass is 543 g/mol. The van der Waals surface area contributed by atoms with Crippen molar-refractivity contribution < 1.29 is 19.1 Å². The fourth-order valence-corrected chi connectivity index (χ4v) is 5.96. The highest BCUT2D eigenvalue weighted by Gasteiger charge is 2.28. The minimum absolute atomic E-state index is 0.0274. The number of carbonyl (C=O) groups is 3. The molecule has 3 aromatic rings. The normalized spacial score (nSPS) is 17.2. The van der Waals surface area contributed by atoms with Crippen LogP contribution in [-0.4, -0.2) is 60.4 Å². The molecule has 8 heteroatoms. The first-order valence-electron chi connectivity index (χ1n) is 13.4. The molecule has 5 rings (SSSR count). The molecular weight excluding hydrogens is 510 g/mol. The van der Waals surface area contributed by atoms with E-state index < -0.39 is 0 Å². The second-order valence-corrected chi connectivity index (χ2v) is 11.0. The number of aryl methyl sites for hydroxylation is 1. The summed E-state index contributed by atoms with van der Waals surface area (Å²) in [5.41, 5.74) is 4.42. The van der Waals surface area contributed by atoms with E-state index in [1.54, 1.807) is 35.2 Å². The Morgan fingerprint density at radius 2 is 1.64 bits per heavy atom. The van der Waals surface area contributed by atoms with Crippen LogP contribution in [0.1, 0.15) is 50.8 Å². The largest absolute Gasteiger partial charge is 0.364 e. The Balaban J connectivity index is 1.27. The standard InChI is InChI=1S/C31H33N3O4S/c1-22-7-2-3-8-25(22)30(36)32-24-14-12-23(13-15-24)31(37)34-16-6-11-28(26-9-4-5-10-27(26)34)38-21-29(35)33-17-19-39-20-18-33/h2-5,7-10,12-15,28H,6,11,16-21H2,1H3,(H,32,36). The van der Waals surface area contributed by atoms with Gasteiger partial charge in [0.25, 0.3) is 11.8 Å². The van der Waals surface area contributed by atoms with Crippen LogP contribution in [0.25, 0.3) is 0 Å². The molecule has 0 aromatic heterocycles. The molecule has 1 saturated heterocycles. The van der Waals surface area contributed by atoms with Crippen molar-refractivity contribution in [2.45, 2.75) is 25.9 Å². The first kappa shape index (κ1) is 27.0. The summed E-state index contributed by atoms with van der Waals surface area (Å²) in [4.78, 5) is 42.7. The van der Waals surface area contributed by atoms with Crippen molar-refractivity contribution in [1.82, 2.24) is 4.90 Å². The summed E-state index contributed by atoms with van der Waals surface area (Å²) < 4.78 is 6.16. The molecule has 3 aromatic carbocycles. The number of rotatable bonds is 6. The first-order valence-corrected chi connectivity index (χ1v) is 14.5. The lowest BCUT2D eigenvalue weighted by atomic mass is 10.0. The van der Waals surface area contributed by atoms with Gasteiger partial charge in [-0.1, -0.05) is 36.4 Å². The van der Waals surface area contributed by atoms with Gasteiger partial charge in [0.2, 0.25) is 5.91 Å². The summed E-state index contributed by atoms with van der Waals surface area (Å²) >= 11 is 1.87. The number of carbonyl (C=O) groups excluding carboxylic acids is 3. The van der Waals surface area contributed by atoms with E-state index in [2.05, 4.69) is 5.32 Å². The smallest absolute Gasteiger partial charge is 0.258 e. The lowest BCUT2D eigenvalue weighted by Gasteiger charge is -2.27. The second kappa shape index (κ2) is 12.5. The van der Waals surface area contributed by atoms with Gasteiger partial charge in [0, 0.05) is 59.2 Å². The Hall–Kier alpha value is -3.62. The lowest BCUT2D eigenvalue weighted by Crippen LogP contribution is -2.40. The van der Waals surface area contributed by atoms with Crippen LogP contribution >= 0.6 is 11.8 Å². The summed E-state index contributed by atoms with van der Waals surface area (Å²) in [6.07, 6.45) is 1.24. The minimum Gasteiger partial charge on any atom is -0.364 e. The van der Waals surface area contributed by atoms with Crippen LogP contribution in [0.2, 0.25) is 0 Å². The van der Waals surface area contributed by atoms with E-state index in [9.17, 15) is 14.4 Å². The van der Waals surface area contributed by atoms with Crippen molar-refractivity contribution in [1.29, 1.82) is 0 Å². The van der Waals surface area contributed by atoms with Gasteiger partial charge in [0.05, 0.1) is 6.10 Å². The Bertz CT molecular complexity index is 1340. The number of ether oxygens (including phenoxy) is 1. The number of anilines is 2. The van der Waals surface area contributed by atoms with E-state index in [0.29, 0.717) is 23.4 Å². The third kappa shape index (κ3) is 6.34. The van der Waals surface area contributed by atoms with Gasteiger partial charge in [-0.05, 0) is 61.7 Å². The van der Waals surface area contributed by atoms with E-state index >= 15 is 0 Å². The molecule has 39 heavy (non-hydrogen) atoms. The molecule has 0 radical (unpaired) electrons. The molecule has 2 aliphatic heterocycles. The van der Waals surface area contributed by atoms with Gasteiger partial charge in [-0.15, -0.1) is 0 Å². The molecule has 1 fully saturated rings. The number of amides is 3. The van der Waals surface area contributed by atoms with E-state index in [0.717, 1.165) is 54.3 Å². The molecule has 1 unspecified atom stereocenters. The summed E-state index contributed by atoms with van der Waals surface area (Å²) in [5.74, 6) is 1.67. The van der Waals surface area contributed by atoms with Crippen LogP contribution < -0.4 is 10.2 Å². The Morgan fingerprint density at radius 1 is 0.923 bits per heavy atom. The van der Waals surface area contributed by atoms with E-state index in [-0.39, 0.29) is 30.4 Å². The zero-order valence-electron chi connectivity index (χ0n) is 22.1. The van der Waals surface area contributed by atoms with E-state index in [1.165, 1.54) is 0 Å². The van der Waals surface area contributed by atoms with Gasteiger partial charge in [0.1, 0.15) is 6.61 Å². The molecule has 2 aliphatic rings. The number of hydrogen-bond acceptors (Lipinski definition) is 5. The van der Waals surface area contributed by atoms with Gasteiger partial charge in [-0.25, -0.2) is 0 Å². The van der Waals surface area contributed by atoms with Crippen LogP contribution in [0.3, 0.4) is 0 Å². The zero-order chi connectivity index (χ0) is 27.2. The van der Waals surface area contributed by atoms with Crippen molar-refractivity contribution in [2.75, 3.05) is 48.0 Å². The molecule has 0 saturated carbocycles. The summed E-state index contributed by atoms with van der Waals surface area (Å²) in [6.45, 7) is 4.04. The van der Waals surface area contributed by atoms with Crippen molar-refractivity contribution in [3.8, 4) is 0 Å². The fraction of sp³-hybridized carbons (Fsp3) is 0.323. The highest BCUT2D eigenvalue weighted by atomic mass is 32.2. The Kier molecular flexibility index (Phi) is 8.64. The van der Waals surface area contributed by atoms with Crippen LogP contribution in [-0.2, 0) is 9.53 Å². The van der Waals surface area contributed by atoms with Gasteiger partial charge in [-0.3, -0.25) is 14.4 Å². The molecule has 0 aliphatic carbocycles. The van der Waals surface area contributed by atoms with Gasteiger partial charge in [-0.2, -0.15) is 11.8 Å². The Morgan fingerprint density at radius 3 is 2.41 bits per heavy atom.